The first-order valence-electron chi connectivity index (χ1n) is 16.8. The number of fused-ring (bicyclic) bond motifs is 4. The monoisotopic (exact) mass is 638 g/mol. The van der Waals surface area contributed by atoms with Gasteiger partial charge in [-0.25, -0.2) is 9.97 Å². The highest BCUT2D eigenvalue weighted by Gasteiger charge is 2.25. The van der Waals surface area contributed by atoms with Gasteiger partial charge in [-0.15, -0.1) is 0 Å². The molecule has 242 valence electrons. The predicted octanol–water partition coefficient (Wildman–Crippen LogP) is 7.43. The van der Waals surface area contributed by atoms with Crippen LogP contribution in [0.3, 0.4) is 0 Å². The highest BCUT2D eigenvalue weighted by molar-refractivity contribution is 6.12. The number of rotatable bonds is 10. The van der Waals surface area contributed by atoms with Gasteiger partial charge < -0.3 is 18.4 Å². The van der Waals surface area contributed by atoms with Crippen molar-refractivity contribution in [2.75, 3.05) is 68.6 Å². The number of nitrogens with one attached hydrogen (secondary N) is 2. The van der Waals surface area contributed by atoms with Crippen molar-refractivity contribution in [2.45, 2.75) is 0 Å². The van der Waals surface area contributed by atoms with Gasteiger partial charge in [-0.05, 0) is 30.3 Å². The fraction of sp³-hybridized carbons (Fsp3) is 0.238. The summed E-state index contributed by atoms with van der Waals surface area (Å²) in [5.41, 5.74) is 8.72. The average Bonchev–Trinajstić information content (AvgIpc) is 3.05. The van der Waals surface area contributed by atoms with Crippen LogP contribution in [-0.4, -0.2) is 77.6 Å². The second kappa shape index (κ2) is 12.5. The van der Waals surface area contributed by atoms with Crippen LogP contribution in [0.5, 0.6) is 11.5 Å². The van der Waals surface area contributed by atoms with Crippen LogP contribution < -0.4 is 19.4 Å². The Balaban J connectivity index is 1.57. The Morgan fingerprint density at radius 3 is 1.06 bits per heavy atom. The molecule has 2 aromatic heterocycles. The molecule has 6 nitrogen and oxygen atoms in total. The van der Waals surface area contributed by atoms with Crippen LogP contribution in [-0.2, 0) is 0 Å². The van der Waals surface area contributed by atoms with Gasteiger partial charge >= 0.3 is 0 Å². The molecule has 0 bridgehead atoms. The summed E-state index contributed by atoms with van der Waals surface area (Å²) in [6, 6.07) is 38.7. The van der Waals surface area contributed by atoms with Crippen molar-refractivity contribution < 1.29 is 28.4 Å². The zero-order valence-electron chi connectivity index (χ0n) is 28.9. The normalized spacial score (nSPS) is 12.3. The van der Waals surface area contributed by atoms with Crippen molar-refractivity contribution in [1.82, 2.24) is 0 Å². The van der Waals surface area contributed by atoms with Crippen molar-refractivity contribution in [1.29, 1.82) is 0 Å². The number of benzene rings is 5. The Bertz CT molecular complexity index is 2020. The van der Waals surface area contributed by atoms with Gasteiger partial charge in [-0.1, -0.05) is 48.5 Å². The van der Waals surface area contributed by atoms with Crippen LogP contribution in [0, 0.1) is 0 Å². The number of quaternary nitrogens is 2. The third-order valence-electron chi connectivity index (χ3n) is 8.98. The number of ether oxygens (including phenoxy) is 2. The number of likely N-dealkylation sites (N-methyl/N-ethyl adjacent to an activating group) is 2. The van der Waals surface area contributed by atoms with Gasteiger partial charge in [0.15, 0.2) is 0 Å². The third-order valence-corrected chi connectivity index (χ3v) is 8.98. The number of para-hydroxylation sites is 4. The summed E-state index contributed by atoms with van der Waals surface area (Å²) >= 11 is 0. The summed E-state index contributed by atoms with van der Waals surface area (Å²) in [6.45, 7) is 2.89. The Hall–Kier alpha value is -5.04. The van der Waals surface area contributed by atoms with Crippen molar-refractivity contribution >= 4 is 43.6 Å². The predicted molar refractivity (Wildman–Crippen MR) is 197 cm³/mol. The van der Waals surface area contributed by atoms with E-state index >= 15 is 0 Å². The molecule has 0 saturated carbocycles. The highest BCUT2D eigenvalue weighted by atomic mass is 16.5. The van der Waals surface area contributed by atoms with Crippen LogP contribution in [0.1, 0.15) is 0 Å². The Labute approximate surface area is 283 Å². The minimum absolute atomic E-state index is 0.579. The van der Waals surface area contributed by atoms with E-state index in [0.29, 0.717) is 13.2 Å². The van der Waals surface area contributed by atoms with E-state index < -0.39 is 0 Å². The zero-order chi connectivity index (χ0) is 33.5. The summed E-state index contributed by atoms with van der Waals surface area (Å²) in [5, 5.41) is 4.59. The summed E-state index contributed by atoms with van der Waals surface area (Å²) in [4.78, 5) is 7.35. The van der Waals surface area contributed by atoms with E-state index in [1.54, 1.807) is 0 Å². The minimum Gasteiger partial charge on any atom is -0.487 e. The molecule has 5 aromatic carbocycles. The summed E-state index contributed by atoms with van der Waals surface area (Å²) in [6.07, 6.45) is 0. The van der Waals surface area contributed by atoms with Gasteiger partial charge in [-0.2, -0.15) is 0 Å². The quantitative estimate of drug-likeness (QED) is 0.116. The molecule has 0 unspecified atom stereocenters. The second-order valence-corrected chi connectivity index (χ2v) is 14.8. The van der Waals surface area contributed by atoms with Gasteiger partial charge in [0.25, 0.3) is 0 Å². The molecule has 2 heterocycles. The van der Waals surface area contributed by atoms with Gasteiger partial charge in [0.2, 0.25) is 22.1 Å². The van der Waals surface area contributed by atoms with E-state index in [4.69, 9.17) is 9.47 Å². The maximum Gasteiger partial charge on any atom is 0.211 e. The summed E-state index contributed by atoms with van der Waals surface area (Å²) in [7, 11) is 13.2. The van der Waals surface area contributed by atoms with E-state index in [2.05, 4.69) is 161 Å². The molecule has 0 spiro atoms. The molecule has 0 atom stereocenters. The first kappa shape index (κ1) is 31.6. The van der Waals surface area contributed by atoms with Crippen molar-refractivity contribution in [3.63, 3.8) is 0 Å². The number of H-pyrrole nitrogens is 2. The smallest absolute Gasteiger partial charge is 0.211 e. The molecular weight excluding hydrogens is 592 g/mol. The molecule has 2 N–H and O–H groups in total. The standard InChI is InChI=1S/C42H44N4O2/c1-45(2,3)23-25-47-39-28-40(48-26-24-46(4,5)6)34(42-31-17-9-13-21-37(31)44-38-22-14-10-18-32(38)42)27-33(39)41-29-15-7-11-19-35(29)43-36-20-12-8-16-30(36)41/h7-22,27-28H,23-26H2,1-6H3/q+2/p+2. The lowest BCUT2D eigenvalue weighted by atomic mass is 9.90. The summed E-state index contributed by atoms with van der Waals surface area (Å²) in [5.74, 6) is 1.65. The molecule has 0 aliphatic rings. The fourth-order valence-corrected chi connectivity index (χ4v) is 6.45. The lowest BCUT2D eigenvalue weighted by molar-refractivity contribution is -0.870. The van der Waals surface area contributed by atoms with E-state index in [9.17, 15) is 0 Å². The maximum absolute atomic E-state index is 6.80. The average molecular weight is 639 g/mol. The Kier molecular flexibility index (Phi) is 8.24. The number of aromatic nitrogens is 2. The fourth-order valence-electron chi connectivity index (χ4n) is 6.45. The molecule has 48 heavy (non-hydrogen) atoms. The van der Waals surface area contributed by atoms with E-state index in [0.717, 1.165) is 99.4 Å². The molecule has 0 radical (unpaired) electrons. The van der Waals surface area contributed by atoms with E-state index in [-0.39, 0.29) is 0 Å². The van der Waals surface area contributed by atoms with Crippen LogP contribution in [0.15, 0.2) is 109 Å². The first-order valence-corrected chi connectivity index (χ1v) is 16.8. The lowest BCUT2D eigenvalue weighted by Gasteiger charge is -2.26. The van der Waals surface area contributed by atoms with Gasteiger partial charge in [0.05, 0.1) is 63.8 Å². The number of aromatic amines is 2. The number of hydrogen-bond donors (Lipinski definition) is 0. The van der Waals surface area contributed by atoms with E-state index in [1.165, 1.54) is 0 Å². The van der Waals surface area contributed by atoms with Crippen LogP contribution in [0.25, 0.3) is 65.9 Å². The molecule has 0 aliphatic carbocycles. The lowest BCUT2D eigenvalue weighted by Crippen LogP contribution is -2.38. The molecule has 0 aliphatic heterocycles. The van der Waals surface area contributed by atoms with Crippen LogP contribution in [0.2, 0.25) is 0 Å². The number of pyridine rings is 2. The SMILES string of the molecule is C[N+](C)(C)CCOc1cc(OCC[N+](C)(C)C)c(-c2c3ccccc3[nH+]c3ccccc23)cc1-c1c2ccccc2[nH+]c2ccccc12. The molecule has 6 heteroatoms. The van der Waals surface area contributed by atoms with Crippen molar-refractivity contribution in [2.24, 2.45) is 0 Å². The highest BCUT2D eigenvalue weighted by Crippen LogP contribution is 2.47. The molecule has 7 rings (SSSR count). The third kappa shape index (κ3) is 6.42. The molecule has 0 saturated heterocycles. The second-order valence-electron chi connectivity index (χ2n) is 14.8. The molecular formula is C42H46N4O2+4. The van der Waals surface area contributed by atoms with Gasteiger partial charge in [0.1, 0.15) is 37.8 Å². The van der Waals surface area contributed by atoms with Crippen LogP contribution in [0.4, 0.5) is 0 Å². The Morgan fingerprint density at radius 2 is 0.750 bits per heavy atom. The molecule has 0 fully saturated rings. The van der Waals surface area contributed by atoms with Crippen LogP contribution >= 0.6 is 0 Å². The topological polar surface area (TPSA) is 46.7 Å². The zero-order valence-corrected chi connectivity index (χ0v) is 28.9. The minimum atomic E-state index is 0.579. The first-order chi connectivity index (χ1) is 23.1. The maximum atomic E-state index is 6.80. The summed E-state index contributed by atoms with van der Waals surface area (Å²) < 4.78 is 15.2. The largest absolute Gasteiger partial charge is 0.487 e. The number of nitrogens with zero attached hydrogens (tertiary/aromatic N) is 2. The van der Waals surface area contributed by atoms with Gasteiger partial charge in [-0.3, -0.25) is 0 Å². The van der Waals surface area contributed by atoms with Gasteiger partial charge in [0, 0.05) is 52.6 Å². The van der Waals surface area contributed by atoms with Crippen molar-refractivity contribution in [3.05, 3.63) is 109 Å². The van der Waals surface area contributed by atoms with E-state index in [1.807, 2.05) is 0 Å². The number of hydrogen-bond acceptors (Lipinski definition) is 2. The van der Waals surface area contributed by atoms with Crippen molar-refractivity contribution in [3.8, 4) is 33.8 Å². The Morgan fingerprint density at radius 1 is 0.438 bits per heavy atom. The molecule has 7 aromatic rings. The molecule has 0 amide bonds.